The average molecular weight is 396 g/mol. The predicted octanol–water partition coefficient (Wildman–Crippen LogP) is 5.47. The quantitative estimate of drug-likeness (QED) is 0.588. The second-order valence-corrected chi connectivity index (χ2v) is 6.96. The summed E-state index contributed by atoms with van der Waals surface area (Å²) in [6, 6.07) is 12.1. The third-order valence-corrected chi connectivity index (χ3v) is 4.29. The van der Waals surface area contributed by atoms with E-state index in [-0.39, 0.29) is 11.4 Å². The van der Waals surface area contributed by atoms with Crippen LogP contribution in [0.25, 0.3) is 11.4 Å². The zero-order valence-corrected chi connectivity index (χ0v) is 15.6. The third kappa shape index (κ3) is 3.93. The van der Waals surface area contributed by atoms with Crippen molar-refractivity contribution in [3.8, 4) is 17.1 Å². The van der Waals surface area contributed by atoms with Crippen LogP contribution >= 0.6 is 11.6 Å². The van der Waals surface area contributed by atoms with Crippen LogP contribution in [0, 0.1) is 0 Å². The average Bonchev–Trinajstić information content (AvgIpc) is 2.96. The SMILES string of the molecule is Cn1c(-c2ccccc2C(F)(F)F)nnc1C(C)(C)Oc1cccc(Cl)c1. The van der Waals surface area contributed by atoms with Gasteiger partial charge in [0.15, 0.2) is 17.2 Å². The topological polar surface area (TPSA) is 39.9 Å². The van der Waals surface area contributed by atoms with Crippen molar-refractivity contribution in [2.24, 2.45) is 7.05 Å². The Morgan fingerprint density at radius 1 is 1.00 bits per heavy atom. The molecule has 0 saturated carbocycles. The predicted molar refractivity (Wildman–Crippen MR) is 96.5 cm³/mol. The molecule has 0 spiro atoms. The van der Waals surface area contributed by atoms with Gasteiger partial charge in [-0.1, -0.05) is 35.9 Å². The minimum Gasteiger partial charge on any atom is -0.480 e. The van der Waals surface area contributed by atoms with E-state index >= 15 is 0 Å². The summed E-state index contributed by atoms with van der Waals surface area (Å²) in [4.78, 5) is 0. The second kappa shape index (κ2) is 6.88. The third-order valence-electron chi connectivity index (χ3n) is 4.06. The van der Waals surface area contributed by atoms with Crippen LogP contribution in [-0.4, -0.2) is 14.8 Å². The molecule has 3 rings (SSSR count). The highest BCUT2D eigenvalue weighted by Gasteiger charge is 2.36. The molecule has 0 aliphatic carbocycles. The Hall–Kier alpha value is -2.54. The lowest BCUT2D eigenvalue weighted by Crippen LogP contribution is -2.29. The van der Waals surface area contributed by atoms with Crippen LogP contribution in [0.3, 0.4) is 0 Å². The first-order chi connectivity index (χ1) is 12.6. The fraction of sp³-hybridized carbons (Fsp3) is 0.263. The molecular formula is C19H17ClF3N3O. The van der Waals surface area contributed by atoms with Gasteiger partial charge in [-0.25, -0.2) is 0 Å². The molecule has 0 bridgehead atoms. The van der Waals surface area contributed by atoms with Gasteiger partial charge in [0.25, 0.3) is 0 Å². The van der Waals surface area contributed by atoms with E-state index in [0.29, 0.717) is 16.6 Å². The van der Waals surface area contributed by atoms with E-state index in [0.717, 1.165) is 6.07 Å². The summed E-state index contributed by atoms with van der Waals surface area (Å²) >= 11 is 5.98. The van der Waals surface area contributed by atoms with Gasteiger partial charge in [-0.15, -0.1) is 10.2 Å². The highest BCUT2D eigenvalue weighted by atomic mass is 35.5. The lowest BCUT2D eigenvalue weighted by molar-refractivity contribution is -0.137. The smallest absolute Gasteiger partial charge is 0.417 e. The van der Waals surface area contributed by atoms with Gasteiger partial charge in [-0.2, -0.15) is 13.2 Å². The molecule has 1 aromatic heterocycles. The second-order valence-electron chi connectivity index (χ2n) is 6.52. The Labute approximate surface area is 159 Å². The molecule has 27 heavy (non-hydrogen) atoms. The Bertz CT molecular complexity index is 967. The zero-order chi connectivity index (χ0) is 19.8. The van der Waals surface area contributed by atoms with Crippen molar-refractivity contribution in [2.45, 2.75) is 25.6 Å². The molecule has 4 nitrogen and oxygen atoms in total. The molecule has 0 radical (unpaired) electrons. The summed E-state index contributed by atoms with van der Waals surface area (Å²) in [5, 5.41) is 8.60. The number of hydrogen-bond donors (Lipinski definition) is 0. The van der Waals surface area contributed by atoms with Crippen LogP contribution in [0.2, 0.25) is 5.02 Å². The first kappa shape index (κ1) is 19.2. The van der Waals surface area contributed by atoms with E-state index in [2.05, 4.69) is 10.2 Å². The Morgan fingerprint density at radius 2 is 1.70 bits per heavy atom. The maximum Gasteiger partial charge on any atom is 0.417 e. The van der Waals surface area contributed by atoms with Gasteiger partial charge in [0.2, 0.25) is 0 Å². The van der Waals surface area contributed by atoms with Crippen LogP contribution in [0.5, 0.6) is 5.75 Å². The summed E-state index contributed by atoms with van der Waals surface area (Å²) in [6.45, 7) is 3.52. The van der Waals surface area contributed by atoms with Gasteiger partial charge < -0.3 is 9.30 Å². The first-order valence-corrected chi connectivity index (χ1v) is 8.48. The van der Waals surface area contributed by atoms with E-state index in [1.165, 1.54) is 22.8 Å². The van der Waals surface area contributed by atoms with Crippen LogP contribution in [-0.2, 0) is 18.8 Å². The van der Waals surface area contributed by atoms with Gasteiger partial charge in [0.05, 0.1) is 5.56 Å². The monoisotopic (exact) mass is 395 g/mol. The highest BCUT2D eigenvalue weighted by molar-refractivity contribution is 6.30. The molecule has 142 valence electrons. The molecule has 0 aliphatic rings. The molecule has 0 unspecified atom stereocenters. The maximum absolute atomic E-state index is 13.3. The van der Waals surface area contributed by atoms with Gasteiger partial charge in [0.1, 0.15) is 5.75 Å². The maximum atomic E-state index is 13.3. The number of hydrogen-bond acceptors (Lipinski definition) is 3. The minimum atomic E-state index is -4.49. The Balaban J connectivity index is 2.01. The first-order valence-electron chi connectivity index (χ1n) is 8.10. The summed E-state index contributed by atoms with van der Waals surface area (Å²) in [5.74, 6) is 1.02. The number of benzene rings is 2. The van der Waals surface area contributed by atoms with E-state index < -0.39 is 17.3 Å². The molecule has 2 aromatic carbocycles. The van der Waals surface area contributed by atoms with E-state index in [1.807, 2.05) is 0 Å². The molecule has 0 saturated heterocycles. The number of ether oxygens (including phenoxy) is 1. The largest absolute Gasteiger partial charge is 0.480 e. The van der Waals surface area contributed by atoms with Gasteiger partial charge in [-0.3, -0.25) is 0 Å². The fourth-order valence-corrected chi connectivity index (χ4v) is 3.06. The normalized spacial score (nSPS) is 12.3. The molecule has 0 amide bonds. The van der Waals surface area contributed by atoms with E-state index in [4.69, 9.17) is 16.3 Å². The van der Waals surface area contributed by atoms with Crippen molar-refractivity contribution in [3.05, 3.63) is 64.9 Å². The Kier molecular flexibility index (Phi) is 4.90. The van der Waals surface area contributed by atoms with E-state index in [1.54, 1.807) is 45.2 Å². The highest BCUT2D eigenvalue weighted by Crippen LogP contribution is 2.37. The zero-order valence-electron chi connectivity index (χ0n) is 14.9. The van der Waals surface area contributed by atoms with Crippen LogP contribution in [0.4, 0.5) is 13.2 Å². The number of aromatic nitrogens is 3. The summed E-state index contributed by atoms with van der Waals surface area (Å²) in [6.07, 6.45) is -4.49. The Morgan fingerprint density at radius 3 is 2.37 bits per heavy atom. The number of nitrogens with zero attached hydrogens (tertiary/aromatic N) is 3. The molecule has 0 atom stereocenters. The molecule has 0 N–H and O–H groups in total. The number of rotatable bonds is 4. The van der Waals surface area contributed by atoms with Crippen molar-refractivity contribution in [1.29, 1.82) is 0 Å². The van der Waals surface area contributed by atoms with Gasteiger partial charge in [0, 0.05) is 17.6 Å². The number of alkyl halides is 3. The minimum absolute atomic E-state index is 0.0372. The standard InChI is InChI=1S/C19H17ClF3N3O/c1-18(2,27-13-8-6-7-12(20)11-13)17-25-24-16(26(17)3)14-9-4-5-10-15(14)19(21,22)23/h4-11H,1-3H3. The van der Waals surface area contributed by atoms with Gasteiger partial charge >= 0.3 is 6.18 Å². The van der Waals surface area contributed by atoms with Crippen molar-refractivity contribution in [2.75, 3.05) is 0 Å². The molecule has 8 heteroatoms. The lowest BCUT2D eigenvalue weighted by Gasteiger charge is -2.25. The lowest BCUT2D eigenvalue weighted by atomic mass is 10.1. The molecule has 0 fully saturated rings. The summed E-state index contributed by atoms with van der Waals surface area (Å²) in [7, 11) is 1.61. The molecule has 3 aromatic rings. The summed E-state index contributed by atoms with van der Waals surface area (Å²) < 4.78 is 47.5. The summed E-state index contributed by atoms with van der Waals surface area (Å²) in [5.41, 5.74) is -1.75. The van der Waals surface area contributed by atoms with Crippen molar-refractivity contribution in [1.82, 2.24) is 14.8 Å². The van der Waals surface area contributed by atoms with Crippen LogP contribution in [0.15, 0.2) is 48.5 Å². The molecule has 0 aliphatic heterocycles. The number of halogens is 4. The molecular weight excluding hydrogens is 379 g/mol. The van der Waals surface area contributed by atoms with Crippen LogP contribution < -0.4 is 4.74 Å². The van der Waals surface area contributed by atoms with Gasteiger partial charge in [-0.05, 0) is 38.1 Å². The van der Waals surface area contributed by atoms with Crippen LogP contribution in [0.1, 0.15) is 25.2 Å². The van der Waals surface area contributed by atoms with E-state index in [9.17, 15) is 13.2 Å². The van der Waals surface area contributed by atoms with Crippen molar-refractivity contribution < 1.29 is 17.9 Å². The van der Waals surface area contributed by atoms with Crippen molar-refractivity contribution >= 4 is 11.6 Å². The molecule has 1 heterocycles. The fourth-order valence-electron chi connectivity index (χ4n) is 2.88. The van der Waals surface area contributed by atoms with Crippen molar-refractivity contribution in [3.63, 3.8) is 0 Å².